The summed E-state index contributed by atoms with van der Waals surface area (Å²) >= 11 is 3.41. The first-order valence-electron chi connectivity index (χ1n) is 5.66. The van der Waals surface area contributed by atoms with Crippen LogP contribution in [-0.4, -0.2) is 19.4 Å². The molecule has 0 bridgehead atoms. The first kappa shape index (κ1) is 11.9. The van der Waals surface area contributed by atoms with E-state index in [0.29, 0.717) is 18.2 Å². The summed E-state index contributed by atoms with van der Waals surface area (Å²) in [5.41, 5.74) is 7.58. The number of aromatic nitrogens is 4. The van der Waals surface area contributed by atoms with E-state index in [0.717, 1.165) is 15.8 Å². The van der Waals surface area contributed by atoms with Gasteiger partial charge in [-0.2, -0.15) is 0 Å². The Kier molecular flexibility index (Phi) is 3.04. The number of nitrogens with one attached hydrogen (secondary N) is 1. The van der Waals surface area contributed by atoms with Crippen LogP contribution in [0, 0.1) is 0 Å². The van der Waals surface area contributed by atoms with Gasteiger partial charge >= 0.3 is 0 Å². The summed E-state index contributed by atoms with van der Waals surface area (Å²) in [5, 5.41) is 3.22. The fraction of sp³-hybridized carbons (Fsp3) is 0.0833. The molecule has 0 aliphatic rings. The van der Waals surface area contributed by atoms with E-state index >= 15 is 0 Å². The van der Waals surface area contributed by atoms with E-state index in [9.17, 15) is 0 Å². The summed E-state index contributed by atoms with van der Waals surface area (Å²) in [6.45, 7) is 0.616. The summed E-state index contributed by atoms with van der Waals surface area (Å²) in [4.78, 5) is 12.6. The van der Waals surface area contributed by atoms with Crippen molar-refractivity contribution in [3.05, 3.63) is 47.1 Å². The van der Waals surface area contributed by atoms with Crippen molar-refractivity contribution < 1.29 is 0 Å². The molecule has 3 heterocycles. The minimum Gasteiger partial charge on any atom is -0.382 e. The highest BCUT2D eigenvalue weighted by Crippen LogP contribution is 2.20. The Morgan fingerprint density at radius 3 is 3.05 bits per heavy atom. The predicted octanol–water partition coefficient (Wildman–Crippen LogP) is 2.08. The Morgan fingerprint density at radius 2 is 2.26 bits per heavy atom. The van der Waals surface area contributed by atoms with E-state index in [-0.39, 0.29) is 0 Å². The van der Waals surface area contributed by atoms with E-state index in [1.165, 1.54) is 0 Å². The highest BCUT2D eigenvalue weighted by atomic mass is 79.9. The molecule has 0 fully saturated rings. The maximum atomic E-state index is 5.79. The molecule has 3 N–H and O–H groups in total. The van der Waals surface area contributed by atoms with E-state index < -0.39 is 0 Å². The van der Waals surface area contributed by atoms with Crippen LogP contribution in [0.1, 0.15) is 5.56 Å². The molecule has 0 radical (unpaired) electrons. The largest absolute Gasteiger partial charge is 0.382 e. The van der Waals surface area contributed by atoms with E-state index in [4.69, 9.17) is 5.73 Å². The molecule has 0 aliphatic heterocycles. The number of anilines is 2. The van der Waals surface area contributed by atoms with Crippen molar-refractivity contribution in [2.24, 2.45) is 0 Å². The fourth-order valence-electron chi connectivity index (χ4n) is 1.79. The standard InChI is InChI=1S/C12H11BrN6/c13-9-6-17-12-11(18-10(14)7-19(9)12)16-5-8-2-1-3-15-4-8/h1-4,6-7H,5,14H2,(H,16,18). The van der Waals surface area contributed by atoms with Crippen molar-refractivity contribution in [2.75, 3.05) is 11.1 Å². The highest BCUT2D eigenvalue weighted by Gasteiger charge is 2.08. The van der Waals surface area contributed by atoms with Gasteiger partial charge in [-0.3, -0.25) is 9.38 Å². The second-order valence-corrected chi connectivity index (χ2v) is 4.82. The lowest BCUT2D eigenvalue weighted by molar-refractivity contribution is 1.06. The zero-order chi connectivity index (χ0) is 13.2. The molecule has 0 saturated heterocycles. The maximum Gasteiger partial charge on any atom is 0.181 e. The molecule has 0 saturated carbocycles. The number of nitrogens with zero attached hydrogens (tertiary/aromatic N) is 4. The van der Waals surface area contributed by atoms with Crippen LogP contribution in [0.3, 0.4) is 0 Å². The van der Waals surface area contributed by atoms with Crippen LogP contribution in [0.5, 0.6) is 0 Å². The lowest BCUT2D eigenvalue weighted by Gasteiger charge is -2.08. The Bertz CT molecular complexity index is 709. The van der Waals surface area contributed by atoms with Crippen LogP contribution in [0.15, 0.2) is 41.5 Å². The van der Waals surface area contributed by atoms with E-state index in [1.807, 2.05) is 16.5 Å². The van der Waals surface area contributed by atoms with Crippen LogP contribution in [0.4, 0.5) is 11.6 Å². The number of halogens is 1. The van der Waals surface area contributed by atoms with Crippen molar-refractivity contribution >= 4 is 33.2 Å². The minimum atomic E-state index is 0.430. The van der Waals surface area contributed by atoms with Crippen LogP contribution in [0.2, 0.25) is 0 Å². The zero-order valence-corrected chi connectivity index (χ0v) is 11.5. The van der Waals surface area contributed by atoms with Gasteiger partial charge in [0.2, 0.25) is 0 Å². The Labute approximate surface area is 117 Å². The average molecular weight is 319 g/mol. The van der Waals surface area contributed by atoms with Gasteiger partial charge in [-0.25, -0.2) is 9.97 Å². The summed E-state index contributed by atoms with van der Waals surface area (Å²) in [6, 6.07) is 3.89. The number of hydrogen-bond acceptors (Lipinski definition) is 5. The monoisotopic (exact) mass is 318 g/mol. The van der Waals surface area contributed by atoms with Crippen LogP contribution >= 0.6 is 15.9 Å². The second-order valence-electron chi connectivity index (χ2n) is 4.00. The topological polar surface area (TPSA) is 81.1 Å². The average Bonchev–Trinajstić information content (AvgIpc) is 2.79. The molecule has 6 nitrogen and oxygen atoms in total. The zero-order valence-electron chi connectivity index (χ0n) is 9.92. The number of imidazole rings is 1. The van der Waals surface area contributed by atoms with Crippen molar-refractivity contribution in [2.45, 2.75) is 6.54 Å². The number of fused-ring (bicyclic) bond motifs is 1. The SMILES string of the molecule is Nc1cn2c(Br)cnc2c(NCc2cccnc2)n1. The summed E-state index contributed by atoms with van der Waals surface area (Å²) in [7, 11) is 0. The summed E-state index contributed by atoms with van der Waals surface area (Å²) in [6.07, 6.45) is 6.98. The van der Waals surface area contributed by atoms with E-state index in [1.54, 1.807) is 24.8 Å². The van der Waals surface area contributed by atoms with Crippen LogP contribution < -0.4 is 11.1 Å². The Hall–Kier alpha value is -2.15. The van der Waals surface area contributed by atoms with Crippen molar-refractivity contribution in [3.8, 4) is 0 Å². The molecule has 0 spiro atoms. The lowest BCUT2D eigenvalue weighted by atomic mass is 10.3. The van der Waals surface area contributed by atoms with E-state index in [2.05, 4.69) is 36.2 Å². The summed E-state index contributed by atoms with van der Waals surface area (Å²) in [5.74, 6) is 1.08. The molecular formula is C12H11BrN6. The van der Waals surface area contributed by atoms with Gasteiger partial charge < -0.3 is 11.1 Å². The van der Waals surface area contributed by atoms with Crippen molar-refractivity contribution in [3.63, 3.8) is 0 Å². The third-order valence-electron chi connectivity index (χ3n) is 2.65. The minimum absolute atomic E-state index is 0.430. The van der Waals surface area contributed by atoms with Gasteiger partial charge in [-0.05, 0) is 27.6 Å². The van der Waals surface area contributed by atoms with Gasteiger partial charge in [0.25, 0.3) is 0 Å². The molecule has 7 heteroatoms. The number of rotatable bonds is 3. The van der Waals surface area contributed by atoms with Gasteiger partial charge in [0, 0.05) is 18.9 Å². The smallest absolute Gasteiger partial charge is 0.181 e. The van der Waals surface area contributed by atoms with Crippen molar-refractivity contribution in [1.82, 2.24) is 19.4 Å². The van der Waals surface area contributed by atoms with Gasteiger partial charge in [-0.15, -0.1) is 0 Å². The van der Waals surface area contributed by atoms with Crippen LogP contribution in [0.25, 0.3) is 5.65 Å². The molecule has 19 heavy (non-hydrogen) atoms. The molecule has 3 aromatic heterocycles. The van der Waals surface area contributed by atoms with Gasteiger partial charge in [0.15, 0.2) is 11.5 Å². The fourth-order valence-corrected chi connectivity index (χ4v) is 2.16. The number of hydrogen-bond donors (Lipinski definition) is 2. The summed E-state index contributed by atoms with van der Waals surface area (Å²) < 4.78 is 2.68. The van der Waals surface area contributed by atoms with Gasteiger partial charge in [-0.1, -0.05) is 6.07 Å². The maximum absolute atomic E-state index is 5.79. The molecule has 0 amide bonds. The van der Waals surface area contributed by atoms with Gasteiger partial charge in [0.1, 0.15) is 10.4 Å². The Morgan fingerprint density at radius 1 is 1.37 bits per heavy atom. The third kappa shape index (κ3) is 2.37. The second kappa shape index (κ2) is 4.85. The molecule has 0 atom stereocenters. The third-order valence-corrected chi connectivity index (χ3v) is 3.24. The first-order valence-corrected chi connectivity index (χ1v) is 6.45. The lowest BCUT2D eigenvalue weighted by Crippen LogP contribution is -2.06. The predicted molar refractivity (Wildman–Crippen MR) is 76.7 cm³/mol. The molecule has 3 rings (SSSR count). The molecule has 0 unspecified atom stereocenters. The number of nitrogens with two attached hydrogens (primary N) is 1. The number of pyridine rings is 1. The normalized spacial score (nSPS) is 10.8. The molecule has 3 aromatic rings. The quantitative estimate of drug-likeness (QED) is 0.772. The Balaban J connectivity index is 1.92. The molecule has 96 valence electrons. The number of nitrogen functional groups attached to an aromatic ring is 1. The van der Waals surface area contributed by atoms with Crippen LogP contribution in [-0.2, 0) is 6.54 Å². The molecule has 0 aliphatic carbocycles. The van der Waals surface area contributed by atoms with Gasteiger partial charge in [0.05, 0.1) is 12.4 Å². The van der Waals surface area contributed by atoms with Crippen molar-refractivity contribution in [1.29, 1.82) is 0 Å². The highest BCUT2D eigenvalue weighted by molar-refractivity contribution is 9.10. The first-order chi connectivity index (χ1) is 9.24. The molecule has 0 aromatic carbocycles. The molecular weight excluding hydrogens is 308 g/mol.